The number of benzene rings is 1. The van der Waals surface area contributed by atoms with Crippen molar-refractivity contribution in [3.63, 3.8) is 0 Å². The van der Waals surface area contributed by atoms with Crippen LogP contribution in [-0.4, -0.2) is 22.8 Å². The summed E-state index contributed by atoms with van der Waals surface area (Å²) in [7, 11) is 1.82. The summed E-state index contributed by atoms with van der Waals surface area (Å²) in [5.41, 5.74) is 2.73. The first-order valence-electron chi connectivity index (χ1n) is 5.56. The Balaban J connectivity index is 2.16. The van der Waals surface area contributed by atoms with Crippen LogP contribution in [0.1, 0.15) is 27.7 Å². The van der Waals surface area contributed by atoms with E-state index in [1.807, 2.05) is 49.5 Å². The highest BCUT2D eigenvalue weighted by Gasteiger charge is 2.35. The molecule has 1 aliphatic rings. The molecule has 1 aromatic carbocycles. The van der Waals surface area contributed by atoms with Gasteiger partial charge in [-0.05, 0) is 23.8 Å². The van der Waals surface area contributed by atoms with Gasteiger partial charge < -0.3 is 4.90 Å². The lowest BCUT2D eigenvalue weighted by Gasteiger charge is -2.19. The van der Waals surface area contributed by atoms with E-state index in [1.165, 1.54) is 0 Å². The van der Waals surface area contributed by atoms with E-state index in [9.17, 15) is 4.79 Å². The molecule has 2 aromatic rings. The highest BCUT2D eigenvalue weighted by molar-refractivity contribution is 5.99. The lowest BCUT2D eigenvalue weighted by molar-refractivity contribution is 0.0791. The number of fused-ring (bicyclic) bond motifs is 1. The first kappa shape index (κ1) is 10.0. The first-order chi connectivity index (χ1) is 8.29. The second-order valence-corrected chi connectivity index (χ2v) is 4.16. The van der Waals surface area contributed by atoms with Crippen LogP contribution in [0.5, 0.6) is 0 Å². The minimum absolute atomic E-state index is 0.0556. The van der Waals surface area contributed by atoms with Crippen molar-refractivity contribution in [1.29, 1.82) is 0 Å². The van der Waals surface area contributed by atoms with Crippen LogP contribution in [0.15, 0.2) is 48.7 Å². The van der Waals surface area contributed by atoms with E-state index in [2.05, 4.69) is 4.98 Å². The van der Waals surface area contributed by atoms with E-state index in [-0.39, 0.29) is 11.9 Å². The summed E-state index contributed by atoms with van der Waals surface area (Å²) in [5, 5.41) is 0. The first-order valence-corrected chi connectivity index (χ1v) is 5.56. The van der Waals surface area contributed by atoms with Crippen LogP contribution in [0.4, 0.5) is 0 Å². The SMILES string of the molecule is CN1C(=O)c2ccccc2C1c1ccccn1. The molecule has 84 valence electrons. The van der Waals surface area contributed by atoms with Crippen LogP contribution < -0.4 is 0 Å². The zero-order valence-electron chi connectivity index (χ0n) is 9.50. The van der Waals surface area contributed by atoms with Gasteiger partial charge in [0.25, 0.3) is 5.91 Å². The minimum Gasteiger partial charge on any atom is -0.329 e. The molecule has 2 heterocycles. The van der Waals surface area contributed by atoms with Crippen molar-refractivity contribution in [2.75, 3.05) is 7.05 Å². The Morgan fingerprint density at radius 1 is 1.12 bits per heavy atom. The number of nitrogens with zero attached hydrogens (tertiary/aromatic N) is 2. The molecule has 17 heavy (non-hydrogen) atoms. The number of pyridine rings is 1. The van der Waals surface area contributed by atoms with Gasteiger partial charge in [-0.3, -0.25) is 9.78 Å². The van der Waals surface area contributed by atoms with Gasteiger partial charge >= 0.3 is 0 Å². The molecule has 1 amide bonds. The molecule has 1 aliphatic heterocycles. The quantitative estimate of drug-likeness (QED) is 0.744. The summed E-state index contributed by atoms with van der Waals surface area (Å²) >= 11 is 0. The van der Waals surface area contributed by atoms with Crippen LogP contribution in [0.25, 0.3) is 0 Å². The lowest BCUT2D eigenvalue weighted by atomic mass is 10.0. The van der Waals surface area contributed by atoms with Crippen LogP contribution >= 0.6 is 0 Å². The number of aromatic nitrogens is 1. The predicted octanol–water partition coefficient (Wildman–Crippen LogP) is 2.26. The van der Waals surface area contributed by atoms with E-state index in [4.69, 9.17) is 0 Å². The third-order valence-electron chi connectivity index (χ3n) is 3.16. The van der Waals surface area contributed by atoms with Crippen LogP contribution in [0.3, 0.4) is 0 Å². The molecule has 3 rings (SSSR count). The summed E-state index contributed by atoms with van der Waals surface area (Å²) in [6, 6.07) is 13.4. The molecule has 0 fully saturated rings. The molecule has 0 saturated carbocycles. The third kappa shape index (κ3) is 1.43. The van der Waals surface area contributed by atoms with Gasteiger partial charge in [0.1, 0.15) is 6.04 Å². The van der Waals surface area contributed by atoms with Gasteiger partial charge in [0, 0.05) is 18.8 Å². The molecule has 1 unspecified atom stereocenters. The number of carbonyl (C=O) groups is 1. The summed E-state index contributed by atoms with van der Waals surface area (Å²) in [5.74, 6) is 0.0660. The molecule has 3 heteroatoms. The Bertz CT molecular complexity index is 565. The monoisotopic (exact) mass is 224 g/mol. The summed E-state index contributed by atoms with van der Waals surface area (Å²) in [4.78, 5) is 18.2. The van der Waals surface area contributed by atoms with Gasteiger partial charge in [0.2, 0.25) is 0 Å². The predicted molar refractivity (Wildman–Crippen MR) is 64.6 cm³/mol. The summed E-state index contributed by atoms with van der Waals surface area (Å²) in [6.07, 6.45) is 1.76. The van der Waals surface area contributed by atoms with Gasteiger partial charge in [-0.2, -0.15) is 0 Å². The maximum Gasteiger partial charge on any atom is 0.254 e. The van der Waals surface area contributed by atoms with E-state index >= 15 is 0 Å². The van der Waals surface area contributed by atoms with Crippen LogP contribution in [0, 0.1) is 0 Å². The van der Waals surface area contributed by atoms with Gasteiger partial charge in [-0.15, -0.1) is 0 Å². The normalized spacial score (nSPS) is 18.3. The molecular formula is C14H12N2O. The number of hydrogen-bond acceptors (Lipinski definition) is 2. The van der Waals surface area contributed by atoms with Crippen molar-refractivity contribution in [2.45, 2.75) is 6.04 Å². The van der Waals surface area contributed by atoms with Crippen molar-refractivity contribution in [3.05, 3.63) is 65.5 Å². The van der Waals surface area contributed by atoms with Crippen molar-refractivity contribution < 1.29 is 4.79 Å². The maximum atomic E-state index is 12.1. The average molecular weight is 224 g/mol. The van der Waals surface area contributed by atoms with E-state index in [1.54, 1.807) is 11.1 Å². The molecule has 0 spiro atoms. The van der Waals surface area contributed by atoms with Gasteiger partial charge in [-0.1, -0.05) is 24.3 Å². The molecule has 1 atom stereocenters. The topological polar surface area (TPSA) is 33.2 Å². The molecule has 0 bridgehead atoms. The molecule has 3 nitrogen and oxygen atoms in total. The molecular weight excluding hydrogens is 212 g/mol. The zero-order valence-corrected chi connectivity index (χ0v) is 9.50. The number of rotatable bonds is 1. The van der Waals surface area contributed by atoms with Crippen molar-refractivity contribution >= 4 is 5.91 Å². The van der Waals surface area contributed by atoms with Crippen LogP contribution in [0.2, 0.25) is 0 Å². The molecule has 0 N–H and O–H groups in total. The fourth-order valence-electron chi connectivity index (χ4n) is 2.34. The highest BCUT2D eigenvalue weighted by Crippen LogP contribution is 2.35. The molecule has 0 radical (unpaired) electrons. The Morgan fingerprint density at radius 2 is 1.88 bits per heavy atom. The standard InChI is InChI=1S/C14H12N2O/c1-16-13(12-8-4-5-9-15-12)10-6-2-3-7-11(10)14(16)17/h2-9,13H,1H3. The van der Waals surface area contributed by atoms with E-state index in [0.717, 1.165) is 16.8 Å². The minimum atomic E-state index is -0.0556. The van der Waals surface area contributed by atoms with E-state index < -0.39 is 0 Å². The zero-order chi connectivity index (χ0) is 11.8. The van der Waals surface area contributed by atoms with Gasteiger partial charge in [0.05, 0.1) is 5.69 Å². The van der Waals surface area contributed by atoms with Gasteiger partial charge in [0.15, 0.2) is 0 Å². The molecule has 0 saturated heterocycles. The molecule has 0 aliphatic carbocycles. The number of carbonyl (C=O) groups excluding carboxylic acids is 1. The maximum absolute atomic E-state index is 12.1. The van der Waals surface area contributed by atoms with Crippen molar-refractivity contribution in [2.24, 2.45) is 0 Å². The Labute approximate surface area is 99.7 Å². The van der Waals surface area contributed by atoms with Crippen LogP contribution in [-0.2, 0) is 0 Å². The largest absolute Gasteiger partial charge is 0.329 e. The average Bonchev–Trinajstić information content (AvgIpc) is 2.64. The molecule has 1 aromatic heterocycles. The lowest BCUT2D eigenvalue weighted by Crippen LogP contribution is -2.24. The fraction of sp³-hybridized carbons (Fsp3) is 0.143. The number of hydrogen-bond donors (Lipinski definition) is 0. The Kier molecular flexibility index (Phi) is 2.18. The number of amides is 1. The Hall–Kier alpha value is -2.16. The Morgan fingerprint density at radius 3 is 2.65 bits per heavy atom. The highest BCUT2D eigenvalue weighted by atomic mass is 16.2. The fourth-order valence-corrected chi connectivity index (χ4v) is 2.34. The second-order valence-electron chi connectivity index (χ2n) is 4.16. The summed E-state index contributed by atoms with van der Waals surface area (Å²) < 4.78 is 0. The third-order valence-corrected chi connectivity index (χ3v) is 3.16. The van der Waals surface area contributed by atoms with Crippen molar-refractivity contribution in [1.82, 2.24) is 9.88 Å². The van der Waals surface area contributed by atoms with E-state index in [0.29, 0.717) is 0 Å². The van der Waals surface area contributed by atoms with Crippen molar-refractivity contribution in [3.8, 4) is 0 Å². The smallest absolute Gasteiger partial charge is 0.254 e. The summed E-state index contributed by atoms with van der Waals surface area (Å²) in [6.45, 7) is 0. The second kappa shape index (κ2) is 3.70. The van der Waals surface area contributed by atoms with Gasteiger partial charge in [-0.25, -0.2) is 0 Å².